The predicted octanol–water partition coefficient (Wildman–Crippen LogP) is 11.4. The van der Waals surface area contributed by atoms with Gasteiger partial charge in [-0.05, 0) is 70.6 Å². The summed E-state index contributed by atoms with van der Waals surface area (Å²) < 4.78 is 15.3. The summed E-state index contributed by atoms with van der Waals surface area (Å²) in [6.07, 6.45) is 0. The summed E-state index contributed by atoms with van der Waals surface area (Å²) in [6, 6.07) is 45.6. The van der Waals surface area contributed by atoms with Crippen molar-refractivity contribution in [3.05, 3.63) is 127 Å². The van der Waals surface area contributed by atoms with Crippen LogP contribution in [0, 0.1) is 0 Å². The van der Waals surface area contributed by atoms with Gasteiger partial charge in [-0.2, -0.15) is 0 Å². The molecule has 11 rings (SSSR count). The van der Waals surface area contributed by atoms with E-state index in [2.05, 4.69) is 120 Å². The first-order valence-corrected chi connectivity index (χ1v) is 14.7. The van der Waals surface area contributed by atoms with Crippen LogP contribution in [0.3, 0.4) is 0 Å². The van der Waals surface area contributed by atoms with Gasteiger partial charge in [-0.1, -0.05) is 78.9 Å². The number of rotatable bonds is 1. The number of para-hydroxylation sites is 3. The summed E-state index contributed by atoms with van der Waals surface area (Å²) in [4.78, 5) is 0. The van der Waals surface area contributed by atoms with Gasteiger partial charge in [0.1, 0.15) is 22.3 Å². The smallest absolute Gasteiger partial charge is 0.145 e. The molecule has 43 heavy (non-hydrogen) atoms. The van der Waals surface area contributed by atoms with Crippen LogP contribution in [0.5, 0.6) is 0 Å². The lowest BCUT2D eigenvalue weighted by molar-refractivity contribution is 0.669. The van der Waals surface area contributed by atoms with Crippen LogP contribution in [0.1, 0.15) is 0 Å². The van der Waals surface area contributed by atoms with Gasteiger partial charge in [0, 0.05) is 37.9 Å². The van der Waals surface area contributed by atoms with Gasteiger partial charge in [0.15, 0.2) is 0 Å². The van der Waals surface area contributed by atoms with Gasteiger partial charge in [0.05, 0.1) is 22.1 Å². The van der Waals surface area contributed by atoms with Gasteiger partial charge in [0.2, 0.25) is 0 Å². The minimum absolute atomic E-state index is 0.919. The molecule has 0 saturated heterocycles. The molecule has 3 nitrogen and oxygen atoms in total. The van der Waals surface area contributed by atoms with Crippen molar-refractivity contribution in [3.63, 3.8) is 0 Å². The molecule has 3 aromatic heterocycles. The van der Waals surface area contributed by atoms with Crippen LogP contribution in [0.25, 0.3) is 104 Å². The molecule has 3 heterocycles. The lowest BCUT2D eigenvalue weighted by Crippen LogP contribution is -1.95. The van der Waals surface area contributed by atoms with Crippen molar-refractivity contribution in [2.75, 3.05) is 0 Å². The van der Waals surface area contributed by atoms with Gasteiger partial charge in [0.25, 0.3) is 0 Å². The molecule has 3 heteroatoms. The van der Waals surface area contributed by atoms with Crippen LogP contribution >= 0.6 is 0 Å². The van der Waals surface area contributed by atoms with E-state index in [4.69, 9.17) is 8.83 Å². The predicted molar refractivity (Wildman–Crippen MR) is 177 cm³/mol. The third kappa shape index (κ3) is 2.58. The largest absolute Gasteiger partial charge is 0.456 e. The summed E-state index contributed by atoms with van der Waals surface area (Å²) >= 11 is 0. The van der Waals surface area contributed by atoms with E-state index in [0.717, 1.165) is 49.4 Å². The van der Waals surface area contributed by atoms with E-state index in [1.807, 2.05) is 12.1 Å². The molecule has 0 bridgehead atoms. The highest BCUT2D eigenvalue weighted by molar-refractivity contribution is 6.28. The number of aromatic nitrogens is 1. The summed E-state index contributed by atoms with van der Waals surface area (Å²) in [7, 11) is 0. The fourth-order valence-electron chi connectivity index (χ4n) is 7.83. The molecule has 0 unspecified atom stereocenters. The quantitative estimate of drug-likeness (QED) is 0.205. The van der Waals surface area contributed by atoms with E-state index < -0.39 is 0 Å². The van der Waals surface area contributed by atoms with E-state index in [1.54, 1.807) is 0 Å². The molecule has 1 aliphatic rings. The van der Waals surface area contributed by atoms with E-state index in [1.165, 1.54) is 55.0 Å². The first kappa shape index (κ1) is 21.9. The zero-order valence-corrected chi connectivity index (χ0v) is 22.9. The van der Waals surface area contributed by atoms with Gasteiger partial charge in [-0.15, -0.1) is 0 Å². The average Bonchev–Trinajstić information content (AvgIpc) is 3.79. The number of hydrogen-bond donors (Lipinski definition) is 0. The Bertz CT molecular complexity index is 2840. The number of furan rings is 2. The molecule has 0 radical (unpaired) electrons. The van der Waals surface area contributed by atoms with Crippen LogP contribution < -0.4 is 0 Å². The van der Waals surface area contributed by atoms with Crippen molar-refractivity contribution in [1.82, 2.24) is 4.57 Å². The standard InChI is InChI=1S/C40H21NO2/c1-4-13-30-27(9-1)38-32(20-16-25-22-8-2-5-14-33(22)43-40(25)38)41(30)31-19-17-29-36-23(11-7-12-26(31)36)24-18-21-35-39(37(24)29)28-10-3-6-15-34(28)42-35/h1-21H. The third-order valence-electron chi connectivity index (χ3n) is 9.54. The minimum atomic E-state index is 0.919. The highest BCUT2D eigenvalue weighted by atomic mass is 16.3. The highest BCUT2D eigenvalue weighted by Gasteiger charge is 2.28. The molecule has 0 atom stereocenters. The molecular formula is C40H21NO2. The van der Waals surface area contributed by atoms with E-state index >= 15 is 0 Å². The molecule has 0 fully saturated rings. The second-order valence-electron chi connectivity index (χ2n) is 11.6. The molecule has 0 spiro atoms. The lowest BCUT2D eigenvalue weighted by atomic mass is 9.98. The van der Waals surface area contributed by atoms with Crippen molar-refractivity contribution in [1.29, 1.82) is 0 Å². The SMILES string of the molecule is c1ccc2c(c1)oc1c2ccc2c1c1ccccc1n2-c1ccc2c3c(cccc13)-c1ccc3oc4ccccc4c3c1-2. The van der Waals surface area contributed by atoms with Gasteiger partial charge >= 0.3 is 0 Å². The Kier molecular flexibility index (Phi) is 3.83. The fraction of sp³-hybridized carbons (Fsp3) is 0. The second kappa shape index (κ2) is 7.53. The molecule has 0 aliphatic heterocycles. The van der Waals surface area contributed by atoms with Crippen molar-refractivity contribution >= 4 is 76.5 Å². The molecule has 0 saturated carbocycles. The molecule has 1 aliphatic carbocycles. The van der Waals surface area contributed by atoms with Crippen LogP contribution in [-0.4, -0.2) is 4.57 Å². The topological polar surface area (TPSA) is 31.2 Å². The van der Waals surface area contributed by atoms with E-state index in [9.17, 15) is 0 Å². The van der Waals surface area contributed by atoms with E-state index in [0.29, 0.717) is 0 Å². The lowest BCUT2D eigenvalue weighted by Gasteiger charge is -2.13. The maximum absolute atomic E-state index is 6.55. The van der Waals surface area contributed by atoms with Gasteiger partial charge in [-0.3, -0.25) is 0 Å². The second-order valence-corrected chi connectivity index (χ2v) is 11.6. The monoisotopic (exact) mass is 547 g/mol. The van der Waals surface area contributed by atoms with Gasteiger partial charge in [-0.25, -0.2) is 0 Å². The van der Waals surface area contributed by atoms with Crippen LogP contribution in [0.2, 0.25) is 0 Å². The Morgan fingerprint density at radius 1 is 0.372 bits per heavy atom. The van der Waals surface area contributed by atoms with Crippen LogP contribution in [0.4, 0.5) is 0 Å². The molecule has 198 valence electrons. The normalized spacial score (nSPS) is 12.7. The minimum Gasteiger partial charge on any atom is -0.456 e. The zero-order chi connectivity index (χ0) is 27.8. The maximum Gasteiger partial charge on any atom is 0.145 e. The summed E-state index contributed by atoms with van der Waals surface area (Å²) in [5, 5.41) is 9.54. The average molecular weight is 548 g/mol. The number of nitrogens with zero attached hydrogens (tertiary/aromatic N) is 1. The Balaban J connectivity index is 1.27. The Morgan fingerprint density at radius 3 is 2.02 bits per heavy atom. The number of benzene rings is 7. The molecular weight excluding hydrogens is 526 g/mol. The fourth-order valence-corrected chi connectivity index (χ4v) is 7.83. The first-order valence-electron chi connectivity index (χ1n) is 14.7. The summed E-state index contributed by atoms with van der Waals surface area (Å²) in [5.41, 5.74) is 12.3. The molecule has 7 aromatic carbocycles. The Morgan fingerprint density at radius 2 is 1.12 bits per heavy atom. The van der Waals surface area contributed by atoms with Crippen molar-refractivity contribution in [2.24, 2.45) is 0 Å². The van der Waals surface area contributed by atoms with Crippen LogP contribution in [0.15, 0.2) is 136 Å². The number of hydrogen-bond acceptors (Lipinski definition) is 2. The Labute approximate surface area is 244 Å². The highest BCUT2D eigenvalue weighted by Crippen LogP contribution is 2.53. The number of fused-ring (bicyclic) bond motifs is 14. The summed E-state index contributed by atoms with van der Waals surface area (Å²) in [6.45, 7) is 0. The van der Waals surface area contributed by atoms with Crippen LogP contribution in [-0.2, 0) is 0 Å². The van der Waals surface area contributed by atoms with Crippen molar-refractivity contribution in [2.45, 2.75) is 0 Å². The molecule has 0 amide bonds. The van der Waals surface area contributed by atoms with Gasteiger partial charge < -0.3 is 13.4 Å². The maximum atomic E-state index is 6.55. The Hall–Kier alpha value is -5.80. The summed E-state index contributed by atoms with van der Waals surface area (Å²) in [5.74, 6) is 0. The molecule has 0 N–H and O–H groups in total. The van der Waals surface area contributed by atoms with E-state index in [-0.39, 0.29) is 0 Å². The first-order chi connectivity index (χ1) is 21.3. The third-order valence-corrected chi connectivity index (χ3v) is 9.54. The van der Waals surface area contributed by atoms with Crippen molar-refractivity contribution < 1.29 is 8.83 Å². The molecule has 10 aromatic rings. The zero-order valence-electron chi connectivity index (χ0n) is 22.9. The van der Waals surface area contributed by atoms with Crippen molar-refractivity contribution in [3.8, 4) is 27.9 Å².